The van der Waals surface area contributed by atoms with Crippen LogP contribution in [-0.2, 0) is 4.79 Å². The summed E-state index contributed by atoms with van der Waals surface area (Å²) in [6.07, 6.45) is 2.57. The number of hydrogen-bond donors (Lipinski definition) is 2. The highest BCUT2D eigenvalue weighted by Gasteiger charge is 2.33. The van der Waals surface area contributed by atoms with Gasteiger partial charge in [-0.3, -0.25) is 9.69 Å². The van der Waals surface area contributed by atoms with Crippen LogP contribution < -0.4 is 11.1 Å². The van der Waals surface area contributed by atoms with Crippen LogP contribution in [0.4, 0.5) is 11.4 Å². The second kappa shape index (κ2) is 5.61. The van der Waals surface area contributed by atoms with Crippen molar-refractivity contribution in [2.24, 2.45) is 5.92 Å². The molecule has 0 saturated heterocycles. The van der Waals surface area contributed by atoms with E-state index in [1.165, 1.54) is 12.8 Å². The molecule has 1 aliphatic carbocycles. The number of hydrogen-bond acceptors (Lipinski definition) is 3. The predicted molar refractivity (Wildman–Crippen MR) is 78.9 cm³/mol. The first-order chi connectivity index (χ1) is 8.99. The molecule has 1 fully saturated rings. The van der Waals surface area contributed by atoms with Crippen LogP contribution in [0.2, 0.25) is 0 Å². The topological polar surface area (TPSA) is 58.4 Å². The molecule has 0 radical (unpaired) electrons. The first kappa shape index (κ1) is 13.9. The lowest BCUT2D eigenvalue weighted by Crippen LogP contribution is -2.45. The third-order valence-electron chi connectivity index (χ3n) is 4.09. The lowest BCUT2D eigenvalue weighted by Gasteiger charge is -2.30. The number of amides is 1. The number of rotatable bonds is 5. The number of nitrogens with one attached hydrogen (secondary N) is 1. The van der Waals surface area contributed by atoms with E-state index in [4.69, 9.17) is 5.73 Å². The lowest BCUT2D eigenvalue weighted by atomic mass is 10.1. The molecule has 0 aliphatic heterocycles. The van der Waals surface area contributed by atoms with Crippen LogP contribution in [0, 0.1) is 5.92 Å². The minimum absolute atomic E-state index is 0.0144. The van der Waals surface area contributed by atoms with Crippen LogP contribution in [0.3, 0.4) is 0 Å². The van der Waals surface area contributed by atoms with Gasteiger partial charge < -0.3 is 11.1 Å². The second-order valence-electron chi connectivity index (χ2n) is 5.53. The summed E-state index contributed by atoms with van der Waals surface area (Å²) in [5.74, 6) is 0.771. The van der Waals surface area contributed by atoms with Crippen LogP contribution in [0.5, 0.6) is 0 Å². The number of carbonyl (C=O) groups is 1. The van der Waals surface area contributed by atoms with Crippen LogP contribution in [-0.4, -0.2) is 29.9 Å². The normalized spacial score (nSPS) is 18.1. The minimum atomic E-state index is -0.142. The predicted octanol–water partition coefficient (Wildman–Crippen LogP) is 2.33. The average Bonchev–Trinajstić information content (AvgIpc) is 3.20. The van der Waals surface area contributed by atoms with Gasteiger partial charge in [0.1, 0.15) is 0 Å². The van der Waals surface area contributed by atoms with Crippen LogP contribution in [0.15, 0.2) is 24.3 Å². The maximum atomic E-state index is 12.2. The number of anilines is 2. The van der Waals surface area contributed by atoms with Gasteiger partial charge in [-0.05, 0) is 57.9 Å². The van der Waals surface area contributed by atoms with Gasteiger partial charge in [0.15, 0.2) is 0 Å². The fraction of sp³-hybridized carbons (Fsp3) is 0.533. The summed E-state index contributed by atoms with van der Waals surface area (Å²) in [6.45, 7) is 4.14. The molecule has 2 rings (SSSR count). The molecule has 3 N–H and O–H groups in total. The Morgan fingerprint density at radius 1 is 1.42 bits per heavy atom. The van der Waals surface area contributed by atoms with Gasteiger partial charge in [0.2, 0.25) is 5.91 Å². The van der Waals surface area contributed by atoms with Crippen molar-refractivity contribution in [3.05, 3.63) is 24.3 Å². The highest BCUT2D eigenvalue weighted by atomic mass is 16.2. The van der Waals surface area contributed by atoms with Gasteiger partial charge in [-0.15, -0.1) is 0 Å². The molecule has 2 atom stereocenters. The molecule has 4 nitrogen and oxygen atoms in total. The number of likely N-dealkylation sites (N-methyl/N-ethyl adjacent to an activating group) is 1. The molecule has 1 aliphatic rings. The Bertz CT molecular complexity index is 456. The van der Waals surface area contributed by atoms with Gasteiger partial charge in [-0.1, -0.05) is 6.07 Å². The molecule has 1 aromatic carbocycles. The molecule has 1 amide bonds. The first-order valence-corrected chi connectivity index (χ1v) is 6.87. The van der Waals surface area contributed by atoms with Crippen molar-refractivity contribution in [1.29, 1.82) is 0 Å². The van der Waals surface area contributed by atoms with E-state index in [9.17, 15) is 4.79 Å². The van der Waals surface area contributed by atoms with Crippen molar-refractivity contribution in [2.75, 3.05) is 18.1 Å². The zero-order valence-corrected chi connectivity index (χ0v) is 11.9. The van der Waals surface area contributed by atoms with E-state index in [1.807, 2.05) is 26.1 Å². The van der Waals surface area contributed by atoms with E-state index < -0.39 is 0 Å². The lowest BCUT2D eigenvalue weighted by molar-refractivity contribution is -0.121. The van der Waals surface area contributed by atoms with E-state index in [2.05, 4.69) is 17.1 Å². The van der Waals surface area contributed by atoms with E-state index in [0.29, 0.717) is 11.7 Å². The standard InChI is InChI=1S/C15H23N3O/c1-10(12-7-8-12)18(3)11(2)15(19)17-14-6-4-5-13(16)9-14/h4-6,9-12H,7-8,16H2,1-3H3,(H,17,19). The Labute approximate surface area is 115 Å². The quantitative estimate of drug-likeness (QED) is 0.800. The number of nitrogens with zero attached hydrogens (tertiary/aromatic N) is 1. The Morgan fingerprint density at radius 3 is 2.68 bits per heavy atom. The van der Waals surface area contributed by atoms with Crippen LogP contribution >= 0.6 is 0 Å². The SMILES string of the molecule is CC(C(=O)Nc1cccc(N)c1)N(C)C(C)C1CC1. The summed E-state index contributed by atoms with van der Waals surface area (Å²) in [5.41, 5.74) is 7.12. The molecule has 0 heterocycles. The number of benzene rings is 1. The van der Waals surface area contributed by atoms with Gasteiger partial charge in [-0.2, -0.15) is 0 Å². The smallest absolute Gasteiger partial charge is 0.241 e. The zero-order valence-electron chi connectivity index (χ0n) is 11.9. The molecule has 1 saturated carbocycles. The Morgan fingerprint density at radius 2 is 2.11 bits per heavy atom. The third-order valence-corrected chi connectivity index (χ3v) is 4.09. The van der Waals surface area contributed by atoms with Gasteiger partial charge >= 0.3 is 0 Å². The maximum absolute atomic E-state index is 12.2. The highest BCUT2D eigenvalue weighted by Crippen LogP contribution is 2.35. The van der Waals surface area contributed by atoms with Crippen molar-refractivity contribution in [3.8, 4) is 0 Å². The Kier molecular flexibility index (Phi) is 4.10. The largest absolute Gasteiger partial charge is 0.399 e. The van der Waals surface area contributed by atoms with Crippen molar-refractivity contribution in [2.45, 2.75) is 38.8 Å². The van der Waals surface area contributed by atoms with Gasteiger partial charge in [0.05, 0.1) is 6.04 Å². The molecular weight excluding hydrogens is 238 g/mol. The third kappa shape index (κ3) is 3.47. The Balaban J connectivity index is 1.95. The fourth-order valence-electron chi connectivity index (χ4n) is 2.31. The molecule has 2 unspecified atom stereocenters. The molecule has 19 heavy (non-hydrogen) atoms. The molecule has 0 spiro atoms. The minimum Gasteiger partial charge on any atom is -0.399 e. The number of nitrogen functional groups attached to an aromatic ring is 1. The summed E-state index contributed by atoms with van der Waals surface area (Å²) in [6, 6.07) is 7.59. The van der Waals surface area contributed by atoms with Crippen molar-refractivity contribution < 1.29 is 4.79 Å². The molecule has 1 aromatic rings. The van der Waals surface area contributed by atoms with Crippen LogP contribution in [0.1, 0.15) is 26.7 Å². The van der Waals surface area contributed by atoms with Gasteiger partial charge in [0, 0.05) is 17.4 Å². The van der Waals surface area contributed by atoms with E-state index >= 15 is 0 Å². The molecule has 0 aromatic heterocycles. The molecular formula is C15H23N3O. The number of carbonyl (C=O) groups excluding carboxylic acids is 1. The van der Waals surface area contributed by atoms with Crippen molar-refractivity contribution in [3.63, 3.8) is 0 Å². The average molecular weight is 261 g/mol. The summed E-state index contributed by atoms with van der Waals surface area (Å²) < 4.78 is 0. The fourth-order valence-corrected chi connectivity index (χ4v) is 2.31. The molecule has 4 heteroatoms. The summed E-state index contributed by atoms with van der Waals surface area (Å²) in [4.78, 5) is 14.4. The molecule has 104 valence electrons. The summed E-state index contributed by atoms with van der Waals surface area (Å²) in [7, 11) is 2.02. The molecule has 0 bridgehead atoms. The second-order valence-corrected chi connectivity index (χ2v) is 5.53. The van der Waals surface area contributed by atoms with E-state index in [0.717, 1.165) is 11.6 Å². The first-order valence-electron chi connectivity index (χ1n) is 6.87. The monoisotopic (exact) mass is 261 g/mol. The van der Waals surface area contributed by atoms with Gasteiger partial charge in [0.25, 0.3) is 0 Å². The van der Waals surface area contributed by atoms with Crippen molar-refractivity contribution in [1.82, 2.24) is 4.90 Å². The summed E-state index contributed by atoms with van der Waals surface area (Å²) in [5, 5.41) is 2.92. The van der Waals surface area contributed by atoms with E-state index in [1.54, 1.807) is 12.1 Å². The number of nitrogens with two attached hydrogens (primary N) is 1. The zero-order chi connectivity index (χ0) is 14.0. The Hall–Kier alpha value is -1.55. The summed E-state index contributed by atoms with van der Waals surface area (Å²) >= 11 is 0. The maximum Gasteiger partial charge on any atom is 0.241 e. The van der Waals surface area contributed by atoms with E-state index in [-0.39, 0.29) is 11.9 Å². The highest BCUT2D eigenvalue weighted by molar-refractivity contribution is 5.94. The van der Waals surface area contributed by atoms with Crippen LogP contribution in [0.25, 0.3) is 0 Å². The van der Waals surface area contributed by atoms with Gasteiger partial charge in [-0.25, -0.2) is 0 Å². The van der Waals surface area contributed by atoms with Crippen molar-refractivity contribution >= 4 is 17.3 Å².